The van der Waals surface area contributed by atoms with Crippen LogP contribution in [0.1, 0.15) is 18.4 Å². The van der Waals surface area contributed by atoms with E-state index in [0.717, 1.165) is 54.3 Å². The Morgan fingerprint density at radius 1 is 1.28 bits per heavy atom. The summed E-state index contributed by atoms with van der Waals surface area (Å²) in [6.45, 7) is 1.77. The van der Waals surface area contributed by atoms with E-state index in [1.54, 1.807) is 12.7 Å². The van der Waals surface area contributed by atoms with E-state index in [4.69, 9.17) is 11.6 Å². The zero-order chi connectivity index (χ0) is 17.3. The summed E-state index contributed by atoms with van der Waals surface area (Å²) in [7, 11) is 0. The van der Waals surface area contributed by atoms with Crippen molar-refractivity contribution in [3.8, 4) is 0 Å². The van der Waals surface area contributed by atoms with Gasteiger partial charge in [0, 0.05) is 23.5 Å². The van der Waals surface area contributed by atoms with Crippen molar-refractivity contribution in [2.45, 2.75) is 19.3 Å². The molecule has 0 unspecified atom stereocenters. The van der Waals surface area contributed by atoms with Crippen LogP contribution in [0.4, 0.5) is 5.82 Å². The van der Waals surface area contributed by atoms with Crippen LogP contribution in [0.15, 0.2) is 36.9 Å². The Morgan fingerprint density at radius 3 is 3.04 bits per heavy atom. The van der Waals surface area contributed by atoms with E-state index in [2.05, 4.69) is 30.9 Å². The van der Waals surface area contributed by atoms with Crippen molar-refractivity contribution in [3.05, 3.63) is 47.5 Å². The molecule has 25 heavy (non-hydrogen) atoms. The number of rotatable bonds is 4. The molecule has 0 radical (unpaired) electrons. The molecule has 2 N–H and O–H groups in total. The molecular formula is C18H20ClN5O. The number of piperidine rings is 1. The fourth-order valence-corrected chi connectivity index (χ4v) is 4.00. The number of halogens is 1. The third kappa shape index (κ3) is 3.19. The van der Waals surface area contributed by atoms with Gasteiger partial charge in [0.25, 0.3) is 0 Å². The maximum Gasteiger partial charge on any atom is 0.182 e. The fourth-order valence-electron chi connectivity index (χ4n) is 3.79. The van der Waals surface area contributed by atoms with E-state index in [1.807, 2.05) is 18.2 Å². The Labute approximate surface area is 150 Å². The monoisotopic (exact) mass is 357 g/mol. The highest BCUT2D eigenvalue weighted by Crippen LogP contribution is 2.36. The summed E-state index contributed by atoms with van der Waals surface area (Å²) >= 11 is 6.13. The third-order valence-electron chi connectivity index (χ3n) is 4.97. The van der Waals surface area contributed by atoms with Crippen molar-refractivity contribution in [2.24, 2.45) is 5.41 Å². The molecule has 130 valence electrons. The highest BCUT2D eigenvalue weighted by Gasteiger charge is 2.36. The van der Waals surface area contributed by atoms with Crippen molar-refractivity contribution in [1.29, 1.82) is 0 Å². The van der Waals surface area contributed by atoms with Crippen molar-refractivity contribution in [2.75, 3.05) is 24.6 Å². The van der Waals surface area contributed by atoms with E-state index >= 15 is 0 Å². The van der Waals surface area contributed by atoms with Crippen molar-refractivity contribution >= 4 is 28.6 Å². The number of hydrogen-bond donors (Lipinski definition) is 2. The van der Waals surface area contributed by atoms with Crippen molar-refractivity contribution < 1.29 is 5.11 Å². The number of nitrogens with zero attached hydrogens (tertiary/aromatic N) is 4. The summed E-state index contributed by atoms with van der Waals surface area (Å²) in [6.07, 6.45) is 5.95. The van der Waals surface area contributed by atoms with Crippen molar-refractivity contribution in [1.82, 2.24) is 19.9 Å². The summed E-state index contributed by atoms with van der Waals surface area (Å²) in [5.41, 5.74) is 2.46. The third-order valence-corrected chi connectivity index (χ3v) is 5.20. The Morgan fingerprint density at radius 2 is 2.20 bits per heavy atom. The molecule has 1 aliphatic rings. The van der Waals surface area contributed by atoms with Gasteiger partial charge in [0.2, 0.25) is 0 Å². The summed E-state index contributed by atoms with van der Waals surface area (Å²) in [6, 6.07) is 7.89. The predicted molar refractivity (Wildman–Crippen MR) is 97.8 cm³/mol. The number of hydrogen-bond acceptors (Lipinski definition) is 5. The normalized spacial score (nSPS) is 21.0. The second-order valence-corrected chi connectivity index (χ2v) is 7.22. The Balaban J connectivity index is 1.63. The lowest BCUT2D eigenvalue weighted by Gasteiger charge is -2.42. The van der Waals surface area contributed by atoms with Crippen LogP contribution in [0.2, 0.25) is 5.02 Å². The van der Waals surface area contributed by atoms with Gasteiger partial charge in [-0.05, 0) is 37.0 Å². The smallest absolute Gasteiger partial charge is 0.182 e. The topological polar surface area (TPSA) is 77.9 Å². The molecule has 3 aromatic rings. The molecular weight excluding hydrogens is 338 g/mol. The second-order valence-electron chi connectivity index (χ2n) is 6.79. The van der Waals surface area contributed by atoms with Gasteiger partial charge in [-0.3, -0.25) is 0 Å². The molecule has 1 aromatic carbocycles. The Kier molecular flexibility index (Phi) is 4.31. The van der Waals surface area contributed by atoms with E-state index in [0.29, 0.717) is 5.65 Å². The number of benzene rings is 1. The zero-order valence-electron chi connectivity index (χ0n) is 13.8. The minimum Gasteiger partial charge on any atom is -0.396 e. The summed E-state index contributed by atoms with van der Waals surface area (Å²) in [5.74, 6) is 0.853. The zero-order valence-corrected chi connectivity index (χ0v) is 14.6. The molecule has 1 saturated heterocycles. The van der Waals surface area contributed by atoms with Gasteiger partial charge in [0.05, 0.1) is 12.9 Å². The van der Waals surface area contributed by atoms with Crippen LogP contribution in [0.25, 0.3) is 11.2 Å². The van der Waals surface area contributed by atoms with E-state index in [1.165, 1.54) is 0 Å². The van der Waals surface area contributed by atoms with Gasteiger partial charge in [-0.25, -0.2) is 15.0 Å². The van der Waals surface area contributed by atoms with Gasteiger partial charge in [-0.1, -0.05) is 23.7 Å². The first-order valence-electron chi connectivity index (χ1n) is 8.43. The maximum atomic E-state index is 10.2. The largest absolute Gasteiger partial charge is 0.396 e. The van der Waals surface area contributed by atoms with Crippen LogP contribution in [-0.4, -0.2) is 44.7 Å². The lowest BCUT2D eigenvalue weighted by Crippen LogP contribution is -2.47. The molecule has 2 aromatic heterocycles. The van der Waals surface area contributed by atoms with Gasteiger partial charge < -0.3 is 15.0 Å². The summed E-state index contributed by atoms with van der Waals surface area (Å²) in [4.78, 5) is 18.2. The first-order valence-corrected chi connectivity index (χ1v) is 8.81. The number of imidazole rings is 1. The Bertz CT molecular complexity index is 883. The minimum absolute atomic E-state index is 0.132. The van der Waals surface area contributed by atoms with Crippen LogP contribution >= 0.6 is 11.6 Å². The molecule has 6 nitrogen and oxygen atoms in total. The van der Waals surface area contributed by atoms with Gasteiger partial charge in [0.15, 0.2) is 11.5 Å². The van der Waals surface area contributed by atoms with Gasteiger partial charge >= 0.3 is 0 Å². The van der Waals surface area contributed by atoms with Gasteiger partial charge in [0.1, 0.15) is 11.8 Å². The van der Waals surface area contributed by atoms with Crippen LogP contribution in [-0.2, 0) is 6.42 Å². The van der Waals surface area contributed by atoms with Crippen LogP contribution < -0.4 is 4.90 Å². The fraction of sp³-hybridized carbons (Fsp3) is 0.389. The van der Waals surface area contributed by atoms with Crippen LogP contribution in [0.5, 0.6) is 0 Å². The molecule has 7 heteroatoms. The number of aromatic nitrogens is 4. The average Bonchev–Trinajstić information content (AvgIpc) is 3.10. The van der Waals surface area contributed by atoms with E-state index in [9.17, 15) is 5.11 Å². The van der Waals surface area contributed by atoms with E-state index < -0.39 is 0 Å². The molecule has 1 fully saturated rings. The molecule has 1 atom stereocenters. The van der Waals surface area contributed by atoms with Gasteiger partial charge in [-0.15, -0.1) is 0 Å². The highest BCUT2D eigenvalue weighted by molar-refractivity contribution is 6.30. The first-order chi connectivity index (χ1) is 12.2. The molecule has 1 aliphatic heterocycles. The quantitative estimate of drug-likeness (QED) is 0.750. The molecule has 0 aliphatic carbocycles. The lowest BCUT2D eigenvalue weighted by molar-refractivity contribution is 0.105. The van der Waals surface area contributed by atoms with Crippen LogP contribution in [0.3, 0.4) is 0 Å². The predicted octanol–water partition coefficient (Wildman–Crippen LogP) is 2.83. The number of anilines is 1. The van der Waals surface area contributed by atoms with Crippen LogP contribution in [0, 0.1) is 5.41 Å². The molecule has 0 spiro atoms. The number of nitrogens with one attached hydrogen (secondary N) is 1. The lowest BCUT2D eigenvalue weighted by atomic mass is 9.75. The SMILES string of the molecule is OC[C@@]1(Cc2cccc(Cl)c2)CCCN(c2ncnc3nc[nH]c23)C1. The highest BCUT2D eigenvalue weighted by atomic mass is 35.5. The number of aromatic amines is 1. The number of fused-ring (bicyclic) bond motifs is 1. The minimum atomic E-state index is -0.208. The molecule has 0 bridgehead atoms. The molecule has 4 rings (SSSR count). The summed E-state index contributed by atoms with van der Waals surface area (Å²) in [5, 5.41) is 10.9. The summed E-state index contributed by atoms with van der Waals surface area (Å²) < 4.78 is 0. The number of aliphatic hydroxyl groups is 1. The standard InChI is InChI=1S/C18H20ClN5O/c19-14-4-1-3-13(7-14)8-18(10-25)5-2-6-24(9-18)17-15-16(21-11-20-15)22-12-23-17/h1,3-4,7,11-12,25H,2,5-6,8-10H2,(H,20,21,22,23)/t18-/m1/s1. The number of H-pyrrole nitrogens is 1. The average molecular weight is 358 g/mol. The second kappa shape index (κ2) is 6.61. The molecule has 0 saturated carbocycles. The first kappa shape index (κ1) is 16.3. The molecule has 3 heterocycles. The maximum absolute atomic E-state index is 10.2. The van der Waals surface area contributed by atoms with Gasteiger partial charge in [-0.2, -0.15) is 0 Å². The molecule has 0 amide bonds. The number of aliphatic hydroxyl groups excluding tert-OH is 1. The Hall–Kier alpha value is -2.18. The van der Waals surface area contributed by atoms with Crippen molar-refractivity contribution in [3.63, 3.8) is 0 Å². The van der Waals surface area contributed by atoms with E-state index in [-0.39, 0.29) is 12.0 Å².